The number of carbonyl (C=O) groups excluding carboxylic acids is 1. The molecule has 0 radical (unpaired) electrons. The molecule has 2 N–H and O–H groups in total. The number of nitrogens with zero attached hydrogens (tertiary/aromatic N) is 2. The summed E-state index contributed by atoms with van der Waals surface area (Å²) in [6.07, 6.45) is 0.440. The van der Waals surface area contributed by atoms with Crippen molar-refractivity contribution in [2.75, 3.05) is 11.9 Å². The maximum Gasteiger partial charge on any atom is 0.221 e. The first-order valence-corrected chi connectivity index (χ1v) is 6.21. The molecule has 0 aliphatic carbocycles. The molecule has 15 heavy (non-hydrogen) atoms. The van der Waals surface area contributed by atoms with Gasteiger partial charge in [0.15, 0.2) is 3.92 Å². The van der Waals surface area contributed by atoms with E-state index in [1.165, 1.54) is 11.3 Å². The number of hydrogen-bond donors (Lipinski definition) is 2. The molecule has 1 aromatic heterocycles. The first-order chi connectivity index (χ1) is 7.08. The second-order valence-corrected chi connectivity index (χ2v) is 5.51. The lowest BCUT2D eigenvalue weighted by molar-refractivity contribution is -0.121. The molecular weight excluding hydrogens is 280 g/mol. The number of halogens is 1. The number of rotatable bonds is 5. The summed E-state index contributed by atoms with van der Waals surface area (Å²) in [5, 5.41) is 14.2. The minimum absolute atomic E-state index is 0.0427. The Balaban J connectivity index is 2.19. The predicted octanol–water partition coefficient (Wildman–Crippen LogP) is 1.63. The molecule has 1 aromatic rings. The van der Waals surface area contributed by atoms with Gasteiger partial charge in [-0.1, -0.05) is 11.3 Å². The normalized spacial score (nSPS) is 10.4. The summed E-state index contributed by atoms with van der Waals surface area (Å²) in [7, 11) is 0. The van der Waals surface area contributed by atoms with Crippen LogP contribution in [0.15, 0.2) is 3.92 Å². The lowest BCUT2D eigenvalue weighted by Gasteiger charge is -2.07. The fourth-order valence-electron chi connectivity index (χ4n) is 0.954. The first kappa shape index (κ1) is 12.4. The third kappa shape index (κ3) is 5.08. The van der Waals surface area contributed by atoms with Crippen LogP contribution in [0.3, 0.4) is 0 Å². The highest BCUT2D eigenvalue weighted by Gasteiger charge is 2.04. The second-order valence-electron chi connectivity index (χ2n) is 3.26. The Morgan fingerprint density at radius 1 is 1.53 bits per heavy atom. The van der Waals surface area contributed by atoms with E-state index in [1.54, 1.807) is 0 Å². The van der Waals surface area contributed by atoms with Crippen LogP contribution < -0.4 is 10.6 Å². The molecule has 1 heterocycles. The van der Waals surface area contributed by atoms with Crippen LogP contribution in [0.1, 0.15) is 20.3 Å². The summed E-state index contributed by atoms with van der Waals surface area (Å²) in [6, 6.07) is 0.188. The topological polar surface area (TPSA) is 66.9 Å². The molecule has 0 aliphatic heterocycles. The largest absolute Gasteiger partial charge is 0.360 e. The van der Waals surface area contributed by atoms with E-state index >= 15 is 0 Å². The van der Waals surface area contributed by atoms with E-state index in [4.69, 9.17) is 0 Å². The standard InChI is InChI=1S/C8H13BrN4OS/c1-5(2)11-6(14)3-4-10-8-13-12-7(9)15-8/h5H,3-4H2,1-2H3,(H,10,13)(H,11,14). The van der Waals surface area contributed by atoms with Crippen molar-refractivity contribution >= 4 is 38.3 Å². The summed E-state index contributed by atoms with van der Waals surface area (Å²) in [5.74, 6) is 0.0427. The fourth-order valence-corrected chi connectivity index (χ4v) is 1.99. The average molecular weight is 293 g/mol. The molecule has 0 spiro atoms. The van der Waals surface area contributed by atoms with Gasteiger partial charge in [-0.3, -0.25) is 4.79 Å². The van der Waals surface area contributed by atoms with Gasteiger partial charge in [-0.05, 0) is 29.8 Å². The highest BCUT2D eigenvalue weighted by atomic mass is 79.9. The van der Waals surface area contributed by atoms with Gasteiger partial charge in [0.2, 0.25) is 11.0 Å². The summed E-state index contributed by atoms with van der Waals surface area (Å²) in [6.45, 7) is 4.44. The monoisotopic (exact) mass is 292 g/mol. The van der Waals surface area contributed by atoms with Crippen molar-refractivity contribution in [3.05, 3.63) is 3.92 Å². The third-order valence-electron chi connectivity index (χ3n) is 1.48. The highest BCUT2D eigenvalue weighted by Crippen LogP contribution is 2.19. The van der Waals surface area contributed by atoms with Crippen molar-refractivity contribution in [2.24, 2.45) is 0 Å². The van der Waals surface area contributed by atoms with Crippen LogP contribution in [0.2, 0.25) is 0 Å². The fraction of sp³-hybridized carbons (Fsp3) is 0.625. The van der Waals surface area contributed by atoms with E-state index in [0.717, 1.165) is 9.05 Å². The van der Waals surface area contributed by atoms with Gasteiger partial charge < -0.3 is 10.6 Å². The first-order valence-electron chi connectivity index (χ1n) is 4.60. The zero-order valence-electron chi connectivity index (χ0n) is 8.58. The van der Waals surface area contributed by atoms with E-state index in [1.807, 2.05) is 13.8 Å². The molecule has 0 saturated carbocycles. The van der Waals surface area contributed by atoms with Crippen molar-refractivity contribution < 1.29 is 4.79 Å². The minimum atomic E-state index is 0.0427. The summed E-state index contributed by atoms with van der Waals surface area (Å²) in [5.41, 5.74) is 0. The molecule has 1 amide bonds. The van der Waals surface area contributed by atoms with Crippen LogP contribution in [0.25, 0.3) is 0 Å². The summed E-state index contributed by atoms with van der Waals surface area (Å²) in [4.78, 5) is 11.3. The van der Waals surface area contributed by atoms with Crippen LogP contribution in [-0.2, 0) is 4.79 Å². The molecule has 5 nitrogen and oxygen atoms in total. The Labute approximate surface area is 101 Å². The van der Waals surface area contributed by atoms with Crippen LogP contribution in [0.5, 0.6) is 0 Å². The number of aromatic nitrogens is 2. The van der Waals surface area contributed by atoms with Crippen LogP contribution in [0, 0.1) is 0 Å². The zero-order valence-corrected chi connectivity index (χ0v) is 11.0. The number of carbonyl (C=O) groups is 1. The molecule has 0 atom stereocenters. The smallest absolute Gasteiger partial charge is 0.221 e. The van der Waals surface area contributed by atoms with Crippen molar-refractivity contribution in [3.8, 4) is 0 Å². The van der Waals surface area contributed by atoms with Crippen molar-refractivity contribution in [2.45, 2.75) is 26.3 Å². The van der Waals surface area contributed by atoms with Crippen molar-refractivity contribution in [1.29, 1.82) is 0 Å². The maximum atomic E-state index is 11.3. The second kappa shape index (κ2) is 6.02. The number of hydrogen-bond acceptors (Lipinski definition) is 5. The molecular formula is C8H13BrN4OS. The van der Waals surface area contributed by atoms with Gasteiger partial charge in [0, 0.05) is 19.0 Å². The third-order valence-corrected chi connectivity index (χ3v) is 2.79. The quantitative estimate of drug-likeness (QED) is 0.866. The Morgan fingerprint density at radius 2 is 2.27 bits per heavy atom. The molecule has 0 fully saturated rings. The molecule has 0 aromatic carbocycles. The SMILES string of the molecule is CC(C)NC(=O)CCNc1nnc(Br)s1. The summed E-state index contributed by atoms with van der Waals surface area (Å²) >= 11 is 4.62. The molecule has 0 unspecified atom stereocenters. The number of amides is 1. The van der Waals surface area contributed by atoms with E-state index < -0.39 is 0 Å². The van der Waals surface area contributed by atoms with Crippen molar-refractivity contribution in [3.63, 3.8) is 0 Å². The highest BCUT2D eigenvalue weighted by molar-refractivity contribution is 9.11. The average Bonchev–Trinajstić information content (AvgIpc) is 2.50. The van der Waals surface area contributed by atoms with E-state index in [2.05, 4.69) is 36.8 Å². The Hall–Kier alpha value is -0.690. The lowest BCUT2D eigenvalue weighted by atomic mass is 10.3. The maximum absolute atomic E-state index is 11.3. The Bertz CT molecular complexity index is 328. The van der Waals surface area contributed by atoms with Crippen LogP contribution in [-0.4, -0.2) is 28.7 Å². The van der Waals surface area contributed by atoms with Gasteiger partial charge in [0.25, 0.3) is 0 Å². The molecule has 1 rings (SSSR count). The van der Waals surface area contributed by atoms with Gasteiger partial charge in [0.1, 0.15) is 0 Å². The van der Waals surface area contributed by atoms with Gasteiger partial charge in [-0.25, -0.2) is 0 Å². The van der Waals surface area contributed by atoms with Gasteiger partial charge >= 0.3 is 0 Å². The zero-order chi connectivity index (χ0) is 11.3. The summed E-state index contributed by atoms with van der Waals surface area (Å²) < 4.78 is 0.733. The van der Waals surface area contributed by atoms with Crippen LogP contribution in [0.4, 0.5) is 5.13 Å². The van der Waals surface area contributed by atoms with E-state index in [-0.39, 0.29) is 11.9 Å². The molecule has 0 aliphatic rings. The molecule has 84 valence electrons. The lowest BCUT2D eigenvalue weighted by Crippen LogP contribution is -2.31. The van der Waals surface area contributed by atoms with E-state index in [9.17, 15) is 4.79 Å². The van der Waals surface area contributed by atoms with E-state index in [0.29, 0.717) is 13.0 Å². The number of anilines is 1. The Kier molecular flexibility index (Phi) is 4.97. The molecule has 0 bridgehead atoms. The number of nitrogens with one attached hydrogen (secondary N) is 2. The van der Waals surface area contributed by atoms with Gasteiger partial charge in [0.05, 0.1) is 0 Å². The van der Waals surface area contributed by atoms with Crippen LogP contribution >= 0.6 is 27.3 Å². The molecule has 0 saturated heterocycles. The van der Waals surface area contributed by atoms with Gasteiger partial charge in [-0.2, -0.15) is 0 Å². The molecule has 7 heteroatoms. The Morgan fingerprint density at radius 3 is 2.80 bits per heavy atom. The predicted molar refractivity (Wildman–Crippen MR) is 64.0 cm³/mol. The minimum Gasteiger partial charge on any atom is -0.360 e. The van der Waals surface area contributed by atoms with Gasteiger partial charge in [-0.15, -0.1) is 10.2 Å². The van der Waals surface area contributed by atoms with Crippen molar-refractivity contribution in [1.82, 2.24) is 15.5 Å².